The molecule has 0 radical (unpaired) electrons. The Morgan fingerprint density at radius 1 is 1.15 bits per heavy atom. The second-order valence-electron chi connectivity index (χ2n) is 2.71. The van der Waals surface area contributed by atoms with Crippen molar-refractivity contribution in [2.45, 2.75) is 27.2 Å². The van der Waals surface area contributed by atoms with E-state index in [0.29, 0.717) is 0 Å². The first-order chi connectivity index (χ1) is 5.75. The number of aryl methyl sites for hydroxylation is 2. The van der Waals surface area contributed by atoms with E-state index in [4.69, 9.17) is 0 Å². The molecule has 0 atom stereocenters. The van der Waals surface area contributed by atoms with Gasteiger partial charge in [0.2, 0.25) is 0 Å². The molecule has 13 heavy (non-hydrogen) atoms. The fourth-order valence-corrected chi connectivity index (χ4v) is 1.19. The zero-order valence-electron chi connectivity index (χ0n) is 8.92. The summed E-state index contributed by atoms with van der Waals surface area (Å²) in [5.74, 6) is 0. The summed E-state index contributed by atoms with van der Waals surface area (Å²) in [7, 11) is 1.50. The number of hydrogen-bond donors (Lipinski definition) is 1. The Morgan fingerprint density at radius 2 is 1.69 bits per heavy atom. The molecule has 2 heteroatoms. The molecule has 1 nitrogen and oxygen atoms in total. The van der Waals surface area contributed by atoms with Gasteiger partial charge in [0.25, 0.3) is 0 Å². The van der Waals surface area contributed by atoms with E-state index in [1.54, 1.807) is 0 Å². The van der Waals surface area contributed by atoms with Crippen LogP contribution in [0, 0.1) is 13.8 Å². The van der Waals surface area contributed by atoms with Crippen LogP contribution in [0.3, 0.4) is 0 Å². The predicted octanol–water partition coefficient (Wildman–Crippen LogP) is 2.86. The van der Waals surface area contributed by atoms with Gasteiger partial charge in [-0.3, -0.25) is 0 Å². The smallest absolute Gasteiger partial charge is 0.0195 e. The van der Waals surface area contributed by atoms with Gasteiger partial charge in [0.1, 0.15) is 0 Å². The molecule has 0 unspecified atom stereocenters. The molecule has 2 N–H and O–H groups in total. The van der Waals surface area contributed by atoms with Gasteiger partial charge in [0.05, 0.1) is 0 Å². The largest absolute Gasteiger partial charge is 0.333 e. The summed E-state index contributed by atoms with van der Waals surface area (Å²) >= 11 is 0. The average molecular weight is 202 g/mol. The van der Waals surface area contributed by atoms with E-state index in [-0.39, 0.29) is 12.4 Å². The minimum absolute atomic E-state index is 0. The Balaban J connectivity index is 0. The molecule has 0 fully saturated rings. The maximum atomic E-state index is 4.50. The Hall–Kier alpha value is -0.530. The van der Waals surface area contributed by atoms with E-state index in [2.05, 4.69) is 44.7 Å². The van der Waals surface area contributed by atoms with Crippen LogP contribution in [0.1, 0.15) is 23.6 Å². The van der Waals surface area contributed by atoms with Gasteiger partial charge in [-0.25, -0.2) is 0 Å². The second-order valence-corrected chi connectivity index (χ2v) is 2.71. The summed E-state index contributed by atoms with van der Waals surface area (Å²) in [5.41, 5.74) is 8.82. The first-order valence-electron chi connectivity index (χ1n) is 4.38. The Labute approximate surface area is 87.8 Å². The fraction of sp³-hybridized carbons (Fsp3) is 0.455. The van der Waals surface area contributed by atoms with Crippen LogP contribution in [-0.4, -0.2) is 7.05 Å². The molecule has 0 heterocycles. The molecule has 0 saturated heterocycles. The Bertz CT molecular complexity index is 234. The minimum Gasteiger partial charge on any atom is -0.333 e. The van der Waals surface area contributed by atoms with Crippen LogP contribution in [-0.2, 0) is 6.42 Å². The van der Waals surface area contributed by atoms with Gasteiger partial charge in [0, 0.05) is 0 Å². The van der Waals surface area contributed by atoms with Crippen molar-refractivity contribution >= 4 is 12.4 Å². The van der Waals surface area contributed by atoms with Crippen molar-refractivity contribution in [3.63, 3.8) is 0 Å². The molecule has 0 aliphatic carbocycles. The molecule has 0 amide bonds. The molecule has 76 valence electrons. The fourth-order valence-electron chi connectivity index (χ4n) is 1.19. The van der Waals surface area contributed by atoms with Crippen molar-refractivity contribution in [1.82, 2.24) is 0 Å². The molecular formula is C11H20ClN. The van der Waals surface area contributed by atoms with E-state index in [1.807, 2.05) is 0 Å². The van der Waals surface area contributed by atoms with Crippen molar-refractivity contribution in [2.24, 2.45) is 5.73 Å². The molecule has 0 saturated carbocycles. The van der Waals surface area contributed by atoms with Gasteiger partial charge < -0.3 is 5.73 Å². The Kier molecular flexibility index (Phi) is 9.31. The third-order valence-corrected chi connectivity index (χ3v) is 2.10. The summed E-state index contributed by atoms with van der Waals surface area (Å²) < 4.78 is 0. The van der Waals surface area contributed by atoms with Crippen molar-refractivity contribution in [2.75, 3.05) is 7.05 Å². The standard InChI is InChI=1S/C10H14.CH5N.ClH/c1-4-10-7-5-6-8(2)9(10)3;1-2;/h5-7H,4H2,1-3H3;2H2,1H3;1H. The summed E-state index contributed by atoms with van der Waals surface area (Å²) in [6, 6.07) is 6.48. The molecule has 0 spiro atoms. The second kappa shape index (κ2) is 8.09. The first-order valence-corrected chi connectivity index (χ1v) is 4.38. The van der Waals surface area contributed by atoms with Crippen molar-refractivity contribution < 1.29 is 0 Å². The molecule has 1 rings (SSSR count). The van der Waals surface area contributed by atoms with Crippen LogP contribution in [0.4, 0.5) is 0 Å². The monoisotopic (exact) mass is 201 g/mol. The number of rotatable bonds is 1. The SMILES string of the molecule is CCc1cccc(C)c1C.CN.Cl. The van der Waals surface area contributed by atoms with Crippen molar-refractivity contribution in [1.29, 1.82) is 0 Å². The lowest BCUT2D eigenvalue weighted by atomic mass is 10.0. The van der Waals surface area contributed by atoms with Gasteiger partial charge in [0.15, 0.2) is 0 Å². The van der Waals surface area contributed by atoms with Crippen LogP contribution in [0.5, 0.6) is 0 Å². The molecule has 1 aromatic carbocycles. The van der Waals surface area contributed by atoms with Crippen LogP contribution < -0.4 is 5.73 Å². The topological polar surface area (TPSA) is 26.0 Å². The lowest BCUT2D eigenvalue weighted by molar-refractivity contribution is 1.09. The zero-order valence-corrected chi connectivity index (χ0v) is 9.74. The normalized spacial score (nSPS) is 8.08. The molecule has 1 aromatic rings. The molecule has 0 bridgehead atoms. The highest BCUT2D eigenvalue weighted by Crippen LogP contribution is 2.12. The molecule has 0 aromatic heterocycles. The highest BCUT2D eigenvalue weighted by molar-refractivity contribution is 5.85. The maximum Gasteiger partial charge on any atom is -0.0195 e. The molecular weight excluding hydrogens is 182 g/mol. The number of benzene rings is 1. The van der Waals surface area contributed by atoms with E-state index >= 15 is 0 Å². The summed E-state index contributed by atoms with van der Waals surface area (Å²) in [6.07, 6.45) is 1.15. The van der Waals surface area contributed by atoms with E-state index in [9.17, 15) is 0 Å². The Morgan fingerprint density at radius 3 is 2.08 bits per heavy atom. The van der Waals surface area contributed by atoms with Gasteiger partial charge in [-0.05, 0) is 44.0 Å². The lowest BCUT2D eigenvalue weighted by Gasteiger charge is -2.04. The van der Waals surface area contributed by atoms with Crippen molar-refractivity contribution in [3.05, 3.63) is 34.9 Å². The quantitative estimate of drug-likeness (QED) is 0.743. The van der Waals surface area contributed by atoms with E-state index < -0.39 is 0 Å². The molecule has 0 aliphatic rings. The summed E-state index contributed by atoms with van der Waals surface area (Å²) in [6.45, 7) is 6.55. The van der Waals surface area contributed by atoms with E-state index in [0.717, 1.165) is 6.42 Å². The maximum absolute atomic E-state index is 4.50. The van der Waals surface area contributed by atoms with Crippen LogP contribution >= 0.6 is 12.4 Å². The number of nitrogens with two attached hydrogens (primary N) is 1. The van der Waals surface area contributed by atoms with Crippen LogP contribution in [0.25, 0.3) is 0 Å². The highest BCUT2D eigenvalue weighted by Gasteiger charge is 1.95. The first kappa shape index (κ1) is 15.0. The van der Waals surface area contributed by atoms with Gasteiger partial charge in [-0.15, -0.1) is 12.4 Å². The number of halogens is 1. The van der Waals surface area contributed by atoms with Crippen LogP contribution in [0.2, 0.25) is 0 Å². The van der Waals surface area contributed by atoms with Crippen LogP contribution in [0.15, 0.2) is 18.2 Å². The van der Waals surface area contributed by atoms with Crippen molar-refractivity contribution in [3.8, 4) is 0 Å². The predicted molar refractivity (Wildman–Crippen MR) is 62.7 cm³/mol. The molecule has 0 aliphatic heterocycles. The highest BCUT2D eigenvalue weighted by atomic mass is 35.5. The lowest BCUT2D eigenvalue weighted by Crippen LogP contribution is -1.88. The van der Waals surface area contributed by atoms with Gasteiger partial charge in [-0.2, -0.15) is 0 Å². The average Bonchev–Trinajstić information content (AvgIpc) is 2.13. The third-order valence-electron chi connectivity index (χ3n) is 2.10. The number of hydrogen-bond acceptors (Lipinski definition) is 1. The summed E-state index contributed by atoms with van der Waals surface area (Å²) in [5, 5.41) is 0. The van der Waals surface area contributed by atoms with Gasteiger partial charge >= 0.3 is 0 Å². The van der Waals surface area contributed by atoms with E-state index in [1.165, 1.54) is 23.7 Å². The van der Waals surface area contributed by atoms with Gasteiger partial charge in [-0.1, -0.05) is 25.1 Å². The third kappa shape index (κ3) is 4.30. The minimum atomic E-state index is 0. The zero-order chi connectivity index (χ0) is 9.56. The summed E-state index contributed by atoms with van der Waals surface area (Å²) in [4.78, 5) is 0.